The van der Waals surface area contributed by atoms with Crippen molar-refractivity contribution in [1.29, 1.82) is 0 Å². The molecule has 0 saturated heterocycles. The lowest BCUT2D eigenvalue weighted by Crippen LogP contribution is -2.35. The van der Waals surface area contributed by atoms with E-state index >= 15 is 0 Å². The number of hydrogen-bond donors (Lipinski definition) is 2. The molecule has 2 heterocycles. The van der Waals surface area contributed by atoms with Gasteiger partial charge in [-0.3, -0.25) is 4.21 Å². The zero-order chi connectivity index (χ0) is 22.1. The van der Waals surface area contributed by atoms with Crippen LogP contribution in [-0.2, 0) is 23.8 Å². The van der Waals surface area contributed by atoms with Crippen molar-refractivity contribution in [2.45, 2.75) is 36.7 Å². The van der Waals surface area contributed by atoms with Gasteiger partial charge in [-0.05, 0) is 59.9 Å². The smallest absolute Gasteiger partial charge is 0.147 e. The predicted molar refractivity (Wildman–Crippen MR) is 130 cm³/mol. The first kappa shape index (κ1) is 21.4. The van der Waals surface area contributed by atoms with E-state index in [9.17, 15) is 8.60 Å². The van der Waals surface area contributed by atoms with E-state index in [0.29, 0.717) is 22.8 Å². The molecule has 0 saturated carbocycles. The fourth-order valence-corrected chi connectivity index (χ4v) is 5.80. The molecule has 164 valence electrons. The SMILES string of the molecule is O=S(CCCC1Cc2[nH]c3c(F)ccc(-c4ccc(Cl)cc4)c3c2CN1)c1ccccc1. The molecule has 1 aromatic heterocycles. The maximum atomic E-state index is 14.7. The summed E-state index contributed by atoms with van der Waals surface area (Å²) in [7, 11) is -0.969. The third kappa shape index (κ3) is 4.25. The number of aromatic nitrogens is 1. The van der Waals surface area contributed by atoms with Crippen LogP contribution < -0.4 is 5.32 Å². The number of rotatable bonds is 6. The van der Waals surface area contributed by atoms with Crippen molar-refractivity contribution in [3.8, 4) is 11.1 Å². The lowest BCUT2D eigenvalue weighted by molar-refractivity contribution is 0.446. The van der Waals surface area contributed by atoms with Crippen molar-refractivity contribution in [3.63, 3.8) is 0 Å². The summed E-state index contributed by atoms with van der Waals surface area (Å²) in [5, 5.41) is 5.24. The molecule has 1 aliphatic rings. The molecule has 4 aromatic rings. The molecule has 2 unspecified atom stereocenters. The molecule has 3 nitrogen and oxygen atoms in total. The van der Waals surface area contributed by atoms with Crippen molar-refractivity contribution in [2.24, 2.45) is 0 Å². The van der Waals surface area contributed by atoms with E-state index in [4.69, 9.17) is 11.6 Å². The molecule has 0 fully saturated rings. The summed E-state index contributed by atoms with van der Waals surface area (Å²) in [4.78, 5) is 4.24. The van der Waals surface area contributed by atoms with Crippen LogP contribution in [0.25, 0.3) is 22.0 Å². The molecule has 0 amide bonds. The number of halogens is 2. The van der Waals surface area contributed by atoms with Gasteiger partial charge >= 0.3 is 0 Å². The molecule has 5 rings (SSSR count). The molecule has 0 bridgehead atoms. The van der Waals surface area contributed by atoms with Crippen molar-refractivity contribution >= 4 is 33.3 Å². The maximum absolute atomic E-state index is 14.7. The van der Waals surface area contributed by atoms with Crippen LogP contribution in [0.15, 0.2) is 71.6 Å². The Bertz CT molecular complexity index is 1270. The second-order valence-electron chi connectivity index (χ2n) is 8.22. The molecule has 1 aliphatic heterocycles. The fourth-order valence-electron chi connectivity index (χ4n) is 4.55. The topological polar surface area (TPSA) is 44.9 Å². The highest BCUT2D eigenvalue weighted by Crippen LogP contribution is 2.36. The van der Waals surface area contributed by atoms with Crippen LogP contribution in [0.4, 0.5) is 4.39 Å². The van der Waals surface area contributed by atoms with Gasteiger partial charge in [0.2, 0.25) is 0 Å². The molecular weight excluding hydrogens is 443 g/mol. The second kappa shape index (κ2) is 9.18. The second-order valence-corrected chi connectivity index (χ2v) is 10.2. The van der Waals surface area contributed by atoms with Gasteiger partial charge in [-0.2, -0.15) is 0 Å². The summed E-state index contributed by atoms with van der Waals surface area (Å²) in [6.07, 6.45) is 2.61. The molecule has 0 aliphatic carbocycles. The minimum Gasteiger partial charge on any atom is -0.356 e. The molecule has 32 heavy (non-hydrogen) atoms. The summed E-state index contributed by atoms with van der Waals surface area (Å²) in [6.45, 7) is 0.686. The first-order valence-electron chi connectivity index (χ1n) is 10.8. The summed E-state index contributed by atoms with van der Waals surface area (Å²) in [5.74, 6) is 0.416. The molecule has 2 N–H and O–H groups in total. The van der Waals surface area contributed by atoms with Gasteiger partial charge in [0, 0.05) is 45.8 Å². The summed E-state index contributed by atoms with van der Waals surface area (Å²) >= 11 is 6.05. The molecular formula is C26H24ClFN2OS. The van der Waals surface area contributed by atoms with Gasteiger partial charge in [-0.25, -0.2) is 4.39 Å². The van der Waals surface area contributed by atoms with Crippen molar-refractivity contribution in [3.05, 3.63) is 88.8 Å². The van der Waals surface area contributed by atoms with Crippen LogP contribution in [0.2, 0.25) is 5.02 Å². The van der Waals surface area contributed by atoms with Gasteiger partial charge in [0.25, 0.3) is 0 Å². The highest BCUT2D eigenvalue weighted by Gasteiger charge is 2.25. The zero-order valence-electron chi connectivity index (χ0n) is 17.5. The van der Waals surface area contributed by atoms with Gasteiger partial charge in [0.15, 0.2) is 0 Å². The van der Waals surface area contributed by atoms with Gasteiger partial charge in [0.05, 0.1) is 16.3 Å². The van der Waals surface area contributed by atoms with Crippen LogP contribution in [0.1, 0.15) is 24.1 Å². The number of aromatic amines is 1. The van der Waals surface area contributed by atoms with Crippen LogP contribution in [0, 0.1) is 5.82 Å². The molecule has 0 radical (unpaired) electrons. The number of fused-ring (bicyclic) bond motifs is 3. The van der Waals surface area contributed by atoms with Crippen LogP contribution >= 0.6 is 11.6 Å². The van der Waals surface area contributed by atoms with E-state index in [1.165, 1.54) is 6.07 Å². The molecule has 3 aromatic carbocycles. The minimum atomic E-state index is -0.969. The lowest BCUT2D eigenvalue weighted by Gasteiger charge is -2.24. The van der Waals surface area contributed by atoms with Crippen LogP contribution in [-0.4, -0.2) is 21.0 Å². The number of benzene rings is 3. The Morgan fingerprint density at radius 2 is 1.81 bits per heavy atom. The average molecular weight is 467 g/mol. The highest BCUT2D eigenvalue weighted by molar-refractivity contribution is 7.85. The standard InChI is InChI=1S/C26H24ClFN2OS/c27-18-10-8-17(9-11-18)21-12-13-23(28)26-25(21)22-16-29-19(15-24(22)30-26)5-4-14-32(31)20-6-2-1-3-7-20/h1-3,6-13,19,29-30H,4-5,14-16H2. The Balaban J connectivity index is 1.34. The van der Waals surface area contributed by atoms with Gasteiger partial charge in [-0.1, -0.05) is 48.0 Å². The largest absolute Gasteiger partial charge is 0.356 e. The number of hydrogen-bond acceptors (Lipinski definition) is 2. The quantitative estimate of drug-likeness (QED) is 0.354. The van der Waals surface area contributed by atoms with E-state index in [-0.39, 0.29) is 11.9 Å². The van der Waals surface area contributed by atoms with E-state index in [2.05, 4.69) is 10.3 Å². The molecule has 2 atom stereocenters. The Labute approximate surface area is 194 Å². The predicted octanol–water partition coefficient (Wildman–Crippen LogP) is 6.23. The summed E-state index contributed by atoms with van der Waals surface area (Å²) < 4.78 is 27.1. The van der Waals surface area contributed by atoms with E-state index in [1.54, 1.807) is 0 Å². The van der Waals surface area contributed by atoms with Crippen molar-refractivity contribution in [2.75, 3.05) is 5.75 Å². The first-order chi connectivity index (χ1) is 15.6. The number of nitrogens with one attached hydrogen (secondary N) is 2. The third-order valence-corrected chi connectivity index (χ3v) is 7.87. The third-order valence-electron chi connectivity index (χ3n) is 6.16. The Morgan fingerprint density at radius 1 is 1.03 bits per heavy atom. The summed E-state index contributed by atoms with van der Waals surface area (Å²) in [5.41, 5.74) is 4.82. The normalized spacial score (nSPS) is 16.8. The van der Waals surface area contributed by atoms with Gasteiger partial charge in [0.1, 0.15) is 5.82 Å². The van der Waals surface area contributed by atoms with Gasteiger partial charge in [-0.15, -0.1) is 0 Å². The first-order valence-corrected chi connectivity index (χ1v) is 12.5. The van der Waals surface area contributed by atoms with E-state index < -0.39 is 10.8 Å². The average Bonchev–Trinajstić information content (AvgIpc) is 3.20. The summed E-state index contributed by atoms with van der Waals surface area (Å²) in [6, 6.07) is 20.9. The molecule has 6 heteroatoms. The Morgan fingerprint density at radius 3 is 2.59 bits per heavy atom. The van der Waals surface area contributed by atoms with Crippen LogP contribution in [0.5, 0.6) is 0 Å². The highest BCUT2D eigenvalue weighted by atomic mass is 35.5. The number of H-pyrrole nitrogens is 1. The van der Waals surface area contributed by atoms with E-state index in [0.717, 1.165) is 51.9 Å². The lowest BCUT2D eigenvalue weighted by atomic mass is 9.94. The maximum Gasteiger partial charge on any atom is 0.147 e. The van der Waals surface area contributed by atoms with E-state index in [1.807, 2.05) is 60.7 Å². The minimum absolute atomic E-state index is 0.234. The fraction of sp³-hybridized carbons (Fsp3) is 0.231. The van der Waals surface area contributed by atoms with Gasteiger partial charge < -0.3 is 10.3 Å². The van der Waals surface area contributed by atoms with Crippen molar-refractivity contribution < 1.29 is 8.60 Å². The van der Waals surface area contributed by atoms with Crippen LogP contribution in [0.3, 0.4) is 0 Å². The Kier molecular flexibility index (Phi) is 6.13. The Hall–Kier alpha value is -2.47. The molecule has 0 spiro atoms. The zero-order valence-corrected chi connectivity index (χ0v) is 19.1. The monoisotopic (exact) mass is 466 g/mol. The van der Waals surface area contributed by atoms with Crippen molar-refractivity contribution in [1.82, 2.24) is 10.3 Å².